The minimum atomic E-state index is -3.66. The number of hydrogen-bond donors (Lipinski definition) is 1. The van der Waals surface area contributed by atoms with E-state index in [0.29, 0.717) is 5.56 Å². The smallest absolute Gasteiger partial charge is 0.269 e. The molecule has 1 heterocycles. The van der Waals surface area contributed by atoms with Crippen LogP contribution in [0.4, 0.5) is 5.69 Å². The number of non-ortho nitro benzene ring substituents is 1. The molecule has 8 heteroatoms. The highest BCUT2D eigenvalue weighted by Gasteiger charge is 2.39. The van der Waals surface area contributed by atoms with E-state index >= 15 is 0 Å². The van der Waals surface area contributed by atoms with Crippen LogP contribution in [0.2, 0.25) is 0 Å². The van der Waals surface area contributed by atoms with Gasteiger partial charge < -0.3 is 5.32 Å². The SMILES string of the molecule is O=C1CC[C@@H](S(=O)(=O)c2ccccc2)[C@H](c2ccc([N+](=O)[O-])cc2)N1. The van der Waals surface area contributed by atoms with Crippen LogP contribution in [0.1, 0.15) is 24.4 Å². The van der Waals surface area contributed by atoms with Crippen molar-refractivity contribution >= 4 is 21.4 Å². The quantitative estimate of drug-likeness (QED) is 0.665. The van der Waals surface area contributed by atoms with E-state index in [-0.39, 0.29) is 29.3 Å². The molecule has 1 aliphatic rings. The molecule has 0 aliphatic carbocycles. The number of nitro groups is 1. The molecule has 2 aromatic rings. The summed E-state index contributed by atoms with van der Waals surface area (Å²) < 4.78 is 26.0. The van der Waals surface area contributed by atoms with E-state index in [4.69, 9.17) is 0 Å². The molecule has 25 heavy (non-hydrogen) atoms. The van der Waals surface area contributed by atoms with E-state index in [0.717, 1.165) is 0 Å². The van der Waals surface area contributed by atoms with Gasteiger partial charge in [0.05, 0.1) is 21.1 Å². The molecule has 3 rings (SSSR count). The molecule has 7 nitrogen and oxygen atoms in total. The molecule has 0 unspecified atom stereocenters. The zero-order valence-corrected chi connectivity index (χ0v) is 14.0. The number of carbonyl (C=O) groups is 1. The van der Waals surface area contributed by atoms with Gasteiger partial charge >= 0.3 is 0 Å². The molecule has 0 saturated carbocycles. The molecular weight excluding hydrogens is 344 g/mol. The fourth-order valence-corrected chi connectivity index (χ4v) is 4.90. The Labute approximate surface area is 144 Å². The third-order valence-electron chi connectivity index (χ3n) is 4.28. The Balaban J connectivity index is 1.99. The van der Waals surface area contributed by atoms with Gasteiger partial charge in [-0.2, -0.15) is 0 Å². The summed E-state index contributed by atoms with van der Waals surface area (Å²) in [4.78, 5) is 22.3. The number of nitro benzene ring substituents is 1. The predicted octanol–water partition coefficient (Wildman–Crippen LogP) is 2.39. The van der Waals surface area contributed by atoms with E-state index in [9.17, 15) is 23.3 Å². The molecule has 0 bridgehead atoms. The standard InChI is InChI=1S/C17H16N2O5S/c20-16-11-10-15(25(23,24)14-4-2-1-3-5-14)17(18-16)12-6-8-13(9-7-12)19(21)22/h1-9,15,17H,10-11H2,(H,18,20)/t15-,17+/m1/s1. The summed E-state index contributed by atoms with van der Waals surface area (Å²) in [6.45, 7) is 0. The molecule has 0 spiro atoms. The van der Waals surface area contributed by atoms with Crippen molar-refractivity contribution in [1.82, 2.24) is 5.32 Å². The van der Waals surface area contributed by atoms with Crippen molar-refractivity contribution in [1.29, 1.82) is 0 Å². The van der Waals surface area contributed by atoms with Crippen LogP contribution in [0.15, 0.2) is 59.5 Å². The molecule has 2 aromatic carbocycles. The minimum Gasteiger partial charge on any atom is -0.348 e. The molecule has 130 valence electrons. The van der Waals surface area contributed by atoms with Gasteiger partial charge in [0.15, 0.2) is 9.84 Å². The van der Waals surface area contributed by atoms with Crippen molar-refractivity contribution < 1.29 is 18.1 Å². The Morgan fingerprint density at radius 1 is 1.04 bits per heavy atom. The second-order valence-corrected chi connectivity index (χ2v) is 8.00. The van der Waals surface area contributed by atoms with Crippen LogP contribution in [0, 0.1) is 10.1 Å². The van der Waals surface area contributed by atoms with Crippen molar-refractivity contribution in [3.63, 3.8) is 0 Å². The van der Waals surface area contributed by atoms with Crippen LogP contribution in [0.5, 0.6) is 0 Å². The van der Waals surface area contributed by atoms with Crippen molar-refractivity contribution in [2.24, 2.45) is 0 Å². The van der Waals surface area contributed by atoms with Crippen LogP contribution in [-0.2, 0) is 14.6 Å². The van der Waals surface area contributed by atoms with Gasteiger partial charge in [0, 0.05) is 18.6 Å². The Morgan fingerprint density at radius 3 is 2.28 bits per heavy atom. The topological polar surface area (TPSA) is 106 Å². The molecule has 1 saturated heterocycles. The Kier molecular flexibility index (Phi) is 4.54. The summed E-state index contributed by atoms with van der Waals surface area (Å²) in [5, 5.41) is 12.7. The van der Waals surface area contributed by atoms with Crippen LogP contribution >= 0.6 is 0 Å². The number of carbonyl (C=O) groups excluding carboxylic acids is 1. The van der Waals surface area contributed by atoms with Gasteiger partial charge in [-0.1, -0.05) is 30.3 Å². The molecule has 1 amide bonds. The van der Waals surface area contributed by atoms with Gasteiger partial charge in [0.25, 0.3) is 5.69 Å². The molecular formula is C17H16N2O5S. The van der Waals surface area contributed by atoms with Crippen LogP contribution in [0.25, 0.3) is 0 Å². The Bertz CT molecular complexity index is 894. The maximum Gasteiger partial charge on any atom is 0.269 e. The number of sulfone groups is 1. The summed E-state index contributed by atoms with van der Waals surface area (Å²) in [6, 6.07) is 12.9. The minimum absolute atomic E-state index is 0.0895. The lowest BCUT2D eigenvalue weighted by atomic mass is 9.96. The summed E-state index contributed by atoms with van der Waals surface area (Å²) in [7, 11) is -3.66. The number of nitrogens with one attached hydrogen (secondary N) is 1. The predicted molar refractivity (Wildman–Crippen MR) is 90.6 cm³/mol. The number of rotatable bonds is 4. The largest absolute Gasteiger partial charge is 0.348 e. The van der Waals surface area contributed by atoms with Gasteiger partial charge in [-0.15, -0.1) is 0 Å². The molecule has 0 aromatic heterocycles. The van der Waals surface area contributed by atoms with Gasteiger partial charge in [-0.25, -0.2) is 8.42 Å². The average Bonchev–Trinajstić information content (AvgIpc) is 2.62. The fraction of sp³-hybridized carbons (Fsp3) is 0.235. The number of piperidine rings is 1. The van der Waals surface area contributed by atoms with Gasteiger partial charge in [0.2, 0.25) is 5.91 Å². The lowest BCUT2D eigenvalue weighted by Crippen LogP contribution is -2.45. The summed E-state index contributed by atoms with van der Waals surface area (Å²) in [5.41, 5.74) is 0.441. The zero-order chi connectivity index (χ0) is 18.0. The number of benzene rings is 2. The summed E-state index contributed by atoms with van der Waals surface area (Å²) in [6.07, 6.45) is 0.324. The average molecular weight is 360 g/mol. The third-order valence-corrected chi connectivity index (χ3v) is 6.51. The first-order valence-electron chi connectivity index (χ1n) is 7.72. The first kappa shape index (κ1) is 17.1. The normalized spacial score (nSPS) is 20.7. The maximum absolute atomic E-state index is 13.0. The van der Waals surface area contributed by atoms with Gasteiger partial charge in [-0.3, -0.25) is 14.9 Å². The molecule has 1 fully saturated rings. The lowest BCUT2D eigenvalue weighted by Gasteiger charge is -2.32. The number of amides is 1. The Morgan fingerprint density at radius 2 is 1.68 bits per heavy atom. The maximum atomic E-state index is 13.0. The van der Waals surface area contributed by atoms with Gasteiger partial charge in [-0.05, 0) is 24.1 Å². The van der Waals surface area contributed by atoms with Crippen molar-refractivity contribution in [2.75, 3.05) is 0 Å². The highest BCUT2D eigenvalue weighted by molar-refractivity contribution is 7.92. The summed E-state index contributed by atoms with van der Waals surface area (Å²) >= 11 is 0. The summed E-state index contributed by atoms with van der Waals surface area (Å²) in [5.74, 6) is -0.233. The van der Waals surface area contributed by atoms with Crippen molar-refractivity contribution in [2.45, 2.75) is 29.0 Å². The van der Waals surface area contributed by atoms with Crippen LogP contribution in [-0.4, -0.2) is 24.5 Å². The van der Waals surface area contributed by atoms with Crippen molar-refractivity contribution in [3.8, 4) is 0 Å². The molecule has 1 aliphatic heterocycles. The van der Waals surface area contributed by atoms with E-state index in [2.05, 4.69) is 5.32 Å². The Hall–Kier alpha value is -2.74. The molecule has 2 atom stereocenters. The van der Waals surface area contributed by atoms with Crippen LogP contribution < -0.4 is 5.32 Å². The highest BCUT2D eigenvalue weighted by atomic mass is 32.2. The van der Waals surface area contributed by atoms with E-state index in [1.807, 2.05) is 0 Å². The highest BCUT2D eigenvalue weighted by Crippen LogP contribution is 2.33. The second-order valence-electron chi connectivity index (χ2n) is 5.83. The first-order valence-corrected chi connectivity index (χ1v) is 9.27. The van der Waals surface area contributed by atoms with Crippen LogP contribution in [0.3, 0.4) is 0 Å². The fourth-order valence-electron chi connectivity index (χ4n) is 3.00. The molecule has 0 radical (unpaired) electrons. The second kappa shape index (κ2) is 6.64. The number of nitrogens with zero attached hydrogens (tertiary/aromatic N) is 1. The monoisotopic (exact) mass is 360 g/mol. The van der Waals surface area contributed by atoms with Crippen molar-refractivity contribution in [3.05, 3.63) is 70.3 Å². The number of hydrogen-bond acceptors (Lipinski definition) is 5. The molecule has 1 N–H and O–H groups in total. The zero-order valence-electron chi connectivity index (χ0n) is 13.2. The van der Waals surface area contributed by atoms with E-state index in [1.165, 1.54) is 36.4 Å². The third kappa shape index (κ3) is 3.39. The van der Waals surface area contributed by atoms with Gasteiger partial charge in [0.1, 0.15) is 0 Å². The van der Waals surface area contributed by atoms with E-state index < -0.39 is 26.1 Å². The lowest BCUT2D eigenvalue weighted by molar-refractivity contribution is -0.384. The van der Waals surface area contributed by atoms with E-state index in [1.54, 1.807) is 18.2 Å². The first-order chi connectivity index (χ1) is 11.9.